The third-order valence-corrected chi connectivity index (χ3v) is 4.99. The average Bonchev–Trinajstić information content (AvgIpc) is 3.05. The van der Waals surface area contributed by atoms with Gasteiger partial charge in [0.2, 0.25) is 5.78 Å². The average molecular weight is 364 g/mol. The molecule has 0 aliphatic heterocycles. The molecule has 2 aromatic heterocycles. The Hall–Kier alpha value is -2.95. The molecule has 0 radical (unpaired) electrons. The highest BCUT2D eigenvalue weighted by Crippen LogP contribution is 2.29. The van der Waals surface area contributed by atoms with E-state index in [9.17, 15) is 9.59 Å². The predicted molar refractivity (Wildman–Crippen MR) is 106 cm³/mol. The third kappa shape index (κ3) is 4.08. The number of amides is 1. The highest BCUT2D eigenvalue weighted by atomic mass is 16.2. The second-order valence-electron chi connectivity index (χ2n) is 6.96. The van der Waals surface area contributed by atoms with Crippen LogP contribution in [0.15, 0.2) is 48.8 Å². The van der Waals surface area contributed by atoms with Crippen LogP contribution in [0.4, 0.5) is 0 Å². The molecule has 0 unspecified atom stereocenters. The molecule has 0 aliphatic rings. The van der Waals surface area contributed by atoms with Crippen LogP contribution in [0.2, 0.25) is 0 Å². The molecule has 2 N–H and O–H groups in total. The van der Waals surface area contributed by atoms with E-state index in [1.807, 2.05) is 42.9 Å². The zero-order valence-electron chi connectivity index (χ0n) is 16.1. The van der Waals surface area contributed by atoms with Gasteiger partial charge in [-0.15, -0.1) is 0 Å². The van der Waals surface area contributed by atoms with Gasteiger partial charge in [-0.3, -0.25) is 9.59 Å². The maximum Gasteiger partial charge on any atom is 0.287 e. The summed E-state index contributed by atoms with van der Waals surface area (Å²) < 4.78 is 2.01. The SMILES string of the molecule is CC[C@@H](C)C(=O)C(=O)NCCc1c(-c2ccc[n+](C)c2)[nH]c2ccccc12. The molecule has 140 valence electrons. The Balaban J connectivity index is 1.84. The topological polar surface area (TPSA) is 65.8 Å². The molecule has 0 saturated heterocycles. The number of carbonyl (C=O) groups is 2. The van der Waals surface area contributed by atoms with Crippen molar-refractivity contribution in [2.24, 2.45) is 13.0 Å². The van der Waals surface area contributed by atoms with Crippen LogP contribution in [-0.4, -0.2) is 23.2 Å². The Morgan fingerprint density at radius 1 is 1.19 bits per heavy atom. The number of hydrogen-bond acceptors (Lipinski definition) is 2. The van der Waals surface area contributed by atoms with Crippen molar-refractivity contribution in [1.82, 2.24) is 10.3 Å². The van der Waals surface area contributed by atoms with Gasteiger partial charge in [0.25, 0.3) is 5.91 Å². The predicted octanol–water partition coefficient (Wildman–Crippen LogP) is 2.93. The van der Waals surface area contributed by atoms with Gasteiger partial charge in [-0.2, -0.15) is 0 Å². The quantitative estimate of drug-likeness (QED) is 0.500. The van der Waals surface area contributed by atoms with Gasteiger partial charge in [0, 0.05) is 29.4 Å². The zero-order valence-corrected chi connectivity index (χ0v) is 16.1. The largest absolute Gasteiger partial charge is 0.354 e. The summed E-state index contributed by atoms with van der Waals surface area (Å²) in [6.45, 7) is 4.12. The van der Waals surface area contributed by atoms with Crippen LogP contribution in [0.25, 0.3) is 22.2 Å². The van der Waals surface area contributed by atoms with Crippen molar-refractivity contribution < 1.29 is 14.2 Å². The number of H-pyrrole nitrogens is 1. The molecule has 0 spiro atoms. The molecule has 3 aromatic rings. The number of pyridine rings is 1. The fourth-order valence-corrected chi connectivity index (χ4v) is 3.24. The second-order valence-corrected chi connectivity index (χ2v) is 6.96. The first-order chi connectivity index (χ1) is 13.0. The number of carbonyl (C=O) groups excluding carboxylic acids is 2. The van der Waals surface area contributed by atoms with Crippen molar-refractivity contribution in [2.75, 3.05) is 6.54 Å². The van der Waals surface area contributed by atoms with Crippen molar-refractivity contribution in [3.05, 3.63) is 54.4 Å². The van der Waals surface area contributed by atoms with Gasteiger partial charge in [0.05, 0.1) is 11.3 Å². The van der Waals surface area contributed by atoms with Gasteiger partial charge in [-0.05, 0) is 30.5 Å². The summed E-state index contributed by atoms with van der Waals surface area (Å²) in [6.07, 6.45) is 5.38. The fraction of sp³-hybridized carbons (Fsp3) is 0.318. The lowest BCUT2D eigenvalue weighted by Crippen LogP contribution is -2.35. The van der Waals surface area contributed by atoms with E-state index in [0.717, 1.165) is 27.7 Å². The molecule has 0 aliphatic carbocycles. The Kier molecular flexibility index (Phi) is 5.69. The van der Waals surface area contributed by atoms with E-state index < -0.39 is 5.91 Å². The number of fused-ring (bicyclic) bond motifs is 1. The first-order valence-corrected chi connectivity index (χ1v) is 9.38. The van der Waals surface area contributed by atoms with Crippen LogP contribution < -0.4 is 9.88 Å². The Bertz CT molecular complexity index is 975. The zero-order chi connectivity index (χ0) is 19.4. The van der Waals surface area contributed by atoms with Crippen LogP contribution in [0.5, 0.6) is 0 Å². The number of aromatic amines is 1. The van der Waals surface area contributed by atoms with E-state index in [2.05, 4.69) is 34.7 Å². The molecule has 0 saturated carbocycles. The molecule has 0 bridgehead atoms. The Labute approximate surface area is 159 Å². The second kappa shape index (κ2) is 8.16. The van der Waals surface area contributed by atoms with Crippen LogP contribution >= 0.6 is 0 Å². The number of hydrogen-bond donors (Lipinski definition) is 2. The lowest BCUT2D eigenvalue weighted by Gasteiger charge is -2.09. The number of aryl methyl sites for hydroxylation is 1. The summed E-state index contributed by atoms with van der Waals surface area (Å²) in [5.74, 6) is -1.07. The maximum atomic E-state index is 12.1. The van der Waals surface area contributed by atoms with Crippen molar-refractivity contribution in [3.8, 4) is 11.3 Å². The van der Waals surface area contributed by atoms with Crippen LogP contribution in [-0.2, 0) is 23.1 Å². The van der Waals surface area contributed by atoms with Crippen molar-refractivity contribution >= 4 is 22.6 Å². The van der Waals surface area contributed by atoms with Gasteiger partial charge in [0.1, 0.15) is 7.05 Å². The third-order valence-electron chi connectivity index (χ3n) is 4.99. The van der Waals surface area contributed by atoms with E-state index in [0.29, 0.717) is 19.4 Å². The van der Waals surface area contributed by atoms with E-state index in [-0.39, 0.29) is 11.7 Å². The van der Waals surface area contributed by atoms with Crippen molar-refractivity contribution in [3.63, 3.8) is 0 Å². The van der Waals surface area contributed by atoms with Crippen molar-refractivity contribution in [2.45, 2.75) is 26.7 Å². The number of rotatable bonds is 7. The maximum absolute atomic E-state index is 12.1. The molecular weight excluding hydrogens is 338 g/mol. The van der Waals surface area contributed by atoms with Gasteiger partial charge < -0.3 is 10.3 Å². The molecule has 5 nitrogen and oxygen atoms in total. The standard InChI is InChI=1S/C22H25N3O2/c1-4-15(2)21(26)22(27)23-12-11-18-17-9-5-6-10-19(17)24-20(18)16-8-7-13-25(3)14-16/h5-10,13-15,24H,4,11-12H2,1-3H3/p+1/t15-/m1/s1. The molecule has 3 rings (SSSR count). The molecule has 5 heteroatoms. The summed E-state index contributed by atoms with van der Waals surface area (Å²) >= 11 is 0. The molecule has 0 fully saturated rings. The van der Waals surface area contributed by atoms with Crippen LogP contribution in [0, 0.1) is 5.92 Å². The fourth-order valence-electron chi connectivity index (χ4n) is 3.24. The smallest absolute Gasteiger partial charge is 0.287 e. The number of nitrogens with one attached hydrogen (secondary N) is 2. The monoisotopic (exact) mass is 364 g/mol. The summed E-state index contributed by atoms with van der Waals surface area (Å²) in [5.41, 5.74) is 4.35. The molecule has 2 heterocycles. The van der Waals surface area contributed by atoms with E-state index in [1.54, 1.807) is 6.92 Å². The van der Waals surface area contributed by atoms with Crippen LogP contribution in [0.1, 0.15) is 25.8 Å². The number of Topliss-reactive ketones (excluding diaryl/α,β-unsaturated/α-hetero) is 1. The minimum absolute atomic E-state index is 0.238. The molecule has 27 heavy (non-hydrogen) atoms. The first-order valence-electron chi connectivity index (χ1n) is 9.38. The van der Waals surface area contributed by atoms with Gasteiger partial charge in [-0.1, -0.05) is 32.0 Å². The van der Waals surface area contributed by atoms with Gasteiger partial charge in [-0.25, -0.2) is 4.57 Å². The van der Waals surface area contributed by atoms with Gasteiger partial charge >= 0.3 is 0 Å². The van der Waals surface area contributed by atoms with Crippen LogP contribution in [0.3, 0.4) is 0 Å². The number of benzene rings is 1. The highest BCUT2D eigenvalue weighted by Gasteiger charge is 2.20. The molecular formula is C22H26N3O2+. The Morgan fingerprint density at radius 2 is 1.96 bits per heavy atom. The minimum Gasteiger partial charge on any atom is -0.354 e. The van der Waals surface area contributed by atoms with E-state index in [1.165, 1.54) is 0 Å². The molecule has 1 aromatic carbocycles. The normalized spacial score (nSPS) is 12.1. The lowest BCUT2D eigenvalue weighted by molar-refractivity contribution is -0.671. The van der Waals surface area contributed by atoms with E-state index >= 15 is 0 Å². The summed E-state index contributed by atoms with van der Waals surface area (Å²) in [4.78, 5) is 27.5. The number of ketones is 1. The lowest BCUT2D eigenvalue weighted by atomic mass is 10.0. The van der Waals surface area contributed by atoms with Gasteiger partial charge in [0.15, 0.2) is 12.4 Å². The molecule has 1 amide bonds. The highest BCUT2D eigenvalue weighted by molar-refractivity contribution is 6.36. The summed E-state index contributed by atoms with van der Waals surface area (Å²) in [5, 5.41) is 3.92. The number of para-hydroxylation sites is 1. The summed E-state index contributed by atoms with van der Waals surface area (Å²) in [7, 11) is 1.99. The minimum atomic E-state index is -0.489. The number of aromatic nitrogens is 2. The Morgan fingerprint density at radius 3 is 2.70 bits per heavy atom. The van der Waals surface area contributed by atoms with E-state index in [4.69, 9.17) is 0 Å². The number of nitrogens with zero attached hydrogens (tertiary/aromatic N) is 1. The first kappa shape index (κ1) is 18.8. The van der Waals surface area contributed by atoms with Crippen molar-refractivity contribution in [1.29, 1.82) is 0 Å². The molecule has 1 atom stereocenters. The summed E-state index contributed by atoms with van der Waals surface area (Å²) in [6, 6.07) is 12.2.